The number of nitrogens with zero attached hydrogens (tertiary/aromatic N) is 1. The Morgan fingerprint density at radius 1 is 0.520 bits per heavy atom. The van der Waals surface area contributed by atoms with Gasteiger partial charge in [0, 0.05) is 19.8 Å². The minimum absolute atomic E-state index is 0.321. The zero-order chi connectivity index (χ0) is 36.6. The zero-order valence-electron chi connectivity index (χ0n) is 34.0. The number of hydrogen-bond donors (Lipinski definition) is 1. The SMILES string of the molecule is CCCCCCCCC=CCCCCCCCCOC(COCCN(C)C)C(OCCCCCCCCC=CCCCCCCCC)C(N)=O. The Bertz CT molecular complexity index is 742. The molecule has 0 spiro atoms. The third-order valence-corrected chi connectivity index (χ3v) is 9.52. The molecule has 0 aromatic heterocycles. The molecule has 0 saturated carbocycles. The Morgan fingerprint density at radius 3 is 1.26 bits per heavy atom. The highest BCUT2D eigenvalue weighted by Crippen LogP contribution is 2.14. The second-order valence-corrected chi connectivity index (χ2v) is 14.9. The van der Waals surface area contributed by atoms with Gasteiger partial charge >= 0.3 is 0 Å². The topological polar surface area (TPSA) is 74.0 Å². The molecule has 0 saturated heterocycles. The molecule has 0 heterocycles. The third kappa shape index (κ3) is 36.6. The Labute approximate surface area is 312 Å². The van der Waals surface area contributed by atoms with Crippen molar-refractivity contribution in [3.63, 3.8) is 0 Å². The molecule has 6 nitrogen and oxygen atoms in total. The van der Waals surface area contributed by atoms with Gasteiger partial charge in [0.25, 0.3) is 0 Å². The van der Waals surface area contributed by atoms with Crippen LogP contribution in [0.25, 0.3) is 0 Å². The van der Waals surface area contributed by atoms with Gasteiger partial charge in [-0.1, -0.05) is 154 Å². The van der Waals surface area contributed by atoms with Crippen LogP contribution in [0.3, 0.4) is 0 Å². The molecule has 0 aliphatic heterocycles. The smallest absolute Gasteiger partial charge is 0.249 e. The fourth-order valence-corrected chi connectivity index (χ4v) is 6.19. The summed E-state index contributed by atoms with van der Waals surface area (Å²) in [6.07, 6.45) is 43.9. The number of allylic oxidation sites excluding steroid dienone is 4. The standard InChI is InChI=1S/C44H86N2O4/c1-5-7-9-11-13-15-17-19-21-23-25-27-29-31-33-35-38-49-42(41-48-40-37-46(3)4)43(44(45)47)50-39-36-34-32-30-28-26-24-22-20-18-16-14-12-10-8-6-2/h19-22,42-43H,5-18,23-41H2,1-4H3,(H2,45,47). The number of amides is 1. The molecule has 2 atom stereocenters. The Balaban J connectivity index is 4.11. The summed E-state index contributed by atoms with van der Waals surface area (Å²) in [7, 11) is 4.05. The number of likely N-dealkylation sites (N-methyl/N-ethyl adjacent to an activating group) is 1. The molecule has 0 rings (SSSR count). The number of ether oxygens (including phenoxy) is 3. The van der Waals surface area contributed by atoms with E-state index in [0.29, 0.717) is 26.4 Å². The summed E-state index contributed by atoms with van der Waals surface area (Å²) < 4.78 is 18.1. The fraction of sp³-hybridized carbons (Fsp3) is 0.886. The predicted octanol–water partition coefficient (Wildman–Crippen LogP) is 11.9. The minimum atomic E-state index is -0.772. The number of unbranched alkanes of at least 4 members (excludes halogenated alkanes) is 24. The average Bonchev–Trinajstić information content (AvgIpc) is 3.10. The van der Waals surface area contributed by atoms with E-state index in [1.165, 1.54) is 154 Å². The molecule has 0 fully saturated rings. The number of hydrogen-bond acceptors (Lipinski definition) is 5. The molecule has 2 N–H and O–H groups in total. The molecule has 0 radical (unpaired) electrons. The molecular weight excluding hydrogens is 620 g/mol. The minimum Gasteiger partial charge on any atom is -0.377 e. The monoisotopic (exact) mass is 707 g/mol. The quantitative estimate of drug-likeness (QED) is 0.0506. The lowest BCUT2D eigenvalue weighted by Crippen LogP contribution is -2.45. The van der Waals surface area contributed by atoms with Gasteiger partial charge < -0.3 is 24.8 Å². The summed E-state index contributed by atoms with van der Waals surface area (Å²) >= 11 is 0. The predicted molar refractivity (Wildman–Crippen MR) is 217 cm³/mol. The molecule has 0 aromatic carbocycles. The average molecular weight is 707 g/mol. The summed E-state index contributed by atoms with van der Waals surface area (Å²) in [5.41, 5.74) is 5.81. The summed E-state index contributed by atoms with van der Waals surface area (Å²) in [6.45, 7) is 7.40. The van der Waals surface area contributed by atoms with Crippen molar-refractivity contribution < 1.29 is 19.0 Å². The van der Waals surface area contributed by atoms with Crippen LogP contribution in [0, 0.1) is 0 Å². The van der Waals surface area contributed by atoms with Crippen LogP contribution in [-0.4, -0.2) is 70.1 Å². The van der Waals surface area contributed by atoms with Gasteiger partial charge in [0.1, 0.15) is 6.10 Å². The number of carbonyl (C=O) groups excluding carboxylic acids is 1. The summed E-state index contributed by atoms with van der Waals surface area (Å²) in [5.74, 6) is -0.461. The fourth-order valence-electron chi connectivity index (χ4n) is 6.19. The van der Waals surface area contributed by atoms with Gasteiger partial charge in [0.15, 0.2) is 6.10 Å². The Kier molecular flexibility index (Phi) is 39.6. The third-order valence-electron chi connectivity index (χ3n) is 9.52. The van der Waals surface area contributed by atoms with Gasteiger partial charge in [-0.15, -0.1) is 0 Å². The molecule has 0 aliphatic carbocycles. The number of primary amides is 1. The van der Waals surface area contributed by atoms with E-state index in [1.54, 1.807) is 0 Å². The van der Waals surface area contributed by atoms with E-state index < -0.39 is 18.1 Å². The number of nitrogens with two attached hydrogens (primary N) is 1. The maximum absolute atomic E-state index is 12.4. The second-order valence-electron chi connectivity index (χ2n) is 14.9. The second kappa shape index (κ2) is 40.6. The lowest BCUT2D eigenvalue weighted by Gasteiger charge is -2.25. The van der Waals surface area contributed by atoms with Gasteiger partial charge in [-0.3, -0.25) is 4.79 Å². The van der Waals surface area contributed by atoms with Gasteiger partial charge in [0.05, 0.1) is 13.2 Å². The van der Waals surface area contributed by atoms with E-state index in [1.807, 2.05) is 14.1 Å². The van der Waals surface area contributed by atoms with Crippen molar-refractivity contribution in [2.75, 3.05) is 47.1 Å². The first-order valence-electron chi connectivity index (χ1n) is 21.6. The summed E-state index contributed by atoms with van der Waals surface area (Å²) in [6, 6.07) is 0. The Morgan fingerprint density at radius 2 is 0.880 bits per heavy atom. The molecule has 6 heteroatoms. The van der Waals surface area contributed by atoms with Crippen LogP contribution in [0.5, 0.6) is 0 Å². The highest BCUT2D eigenvalue weighted by Gasteiger charge is 2.28. The highest BCUT2D eigenvalue weighted by atomic mass is 16.6. The van der Waals surface area contributed by atoms with Crippen LogP contribution >= 0.6 is 0 Å². The largest absolute Gasteiger partial charge is 0.377 e. The van der Waals surface area contributed by atoms with Gasteiger partial charge in [-0.2, -0.15) is 0 Å². The van der Waals surface area contributed by atoms with Crippen LogP contribution < -0.4 is 5.73 Å². The Hall–Kier alpha value is -1.21. The molecule has 1 amide bonds. The van der Waals surface area contributed by atoms with E-state index in [4.69, 9.17) is 19.9 Å². The lowest BCUT2D eigenvalue weighted by molar-refractivity contribution is -0.148. The van der Waals surface area contributed by atoms with Crippen LogP contribution in [0.2, 0.25) is 0 Å². The first kappa shape index (κ1) is 48.8. The van der Waals surface area contributed by atoms with Gasteiger partial charge in [-0.05, 0) is 78.3 Å². The molecule has 0 aliphatic rings. The van der Waals surface area contributed by atoms with Crippen LogP contribution in [0.15, 0.2) is 24.3 Å². The lowest BCUT2D eigenvalue weighted by atomic mass is 10.1. The normalized spacial score (nSPS) is 13.3. The van der Waals surface area contributed by atoms with Crippen molar-refractivity contribution >= 4 is 5.91 Å². The first-order chi connectivity index (χ1) is 24.5. The van der Waals surface area contributed by atoms with Crippen molar-refractivity contribution in [1.29, 1.82) is 0 Å². The van der Waals surface area contributed by atoms with Gasteiger partial charge in [0.2, 0.25) is 5.91 Å². The van der Waals surface area contributed by atoms with Crippen molar-refractivity contribution in [3.8, 4) is 0 Å². The molecule has 296 valence electrons. The van der Waals surface area contributed by atoms with E-state index in [0.717, 1.165) is 32.2 Å². The van der Waals surface area contributed by atoms with E-state index in [2.05, 4.69) is 43.1 Å². The molecule has 0 aromatic rings. The molecule has 2 unspecified atom stereocenters. The van der Waals surface area contributed by atoms with Crippen molar-refractivity contribution in [2.24, 2.45) is 5.73 Å². The van der Waals surface area contributed by atoms with Crippen molar-refractivity contribution in [1.82, 2.24) is 4.90 Å². The number of rotatable bonds is 41. The van der Waals surface area contributed by atoms with Crippen molar-refractivity contribution in [2.45, 2.75) is 206 Å². The molecule has 0 bridgehead atoms. The van der Waals surface area contributed by atoms with Crippen LogP contribution in [0.4, 0.5) is 0 Å². The summed E-state index contributed by atoms with van der Waals surface area (Å²) in [4.78, 5) is 14.5. The van der Waals surface area contributed by atoms with Crippen LogP contribution in [-0.2, 0) is 19.0 Å². The van der Waals surface area contributed by atoms with Gasteiger partial charge in [-0.25, -0.2) is 0 Å². The summed E-state index contributed by atoms with van der Waals surface area (Å²) in [5, 5.41) is 0. The zero-order valence-corrected chi connectivity index (χ0v) is 34.0. The van der Waals surface area contributed by atoms with Crippen LogP contribution in [0.1, 0.15) is 194 Å². The number of carbonyl (C=O) groups is 1. The highest BCUT2D eigenvalue weighted by molar-refractivity contribution is 5.79. The maximum atomic E-state index is 12.4. The first-order valence-corrected chi connectivity index (χ1v) is 21.6. The molecule has 50 heavy (non-hydrogen) atoms. The van der Waals surface area contributed by atoms with E-state index in [9.17, 15) is 4.79 Å². The van der Waals surface area contributed by atoms with E-state index >= 15 is 0 Å². The van der Waals surface area contributed by atoms with E-state index in [-0.39, 0.29) is 0 Å². The van der Waals surface area contributed by atoms with Crippen molar-refractivity contribution in [3.05, 3.63) is 24.3 Å². The maximum Gasteiger partial charge on any atom is 0.249 e. The molecular formula is C44H86N2O4.